The van der Waals surface area contributed by atoms with Crippen molar-refractivity contribution < 1.29 is 4.79 Å². The molecular weight excluding hydrogens is 314 g/mol. The maximum atomic E-state index is 12.3. The zero-order valence-corrected chi connectivity index (χ0v) is 12.9. The monoisotopic (exact) mass is 327 g/mol. The average molecular weight is 327 g/mol. The van der Waals surface area contributed by atoms with E-state index in [-0.39, 0.29) is 11.6 Å². The van der Waals surface area contributed by atoms with Crippen LogP contribution in [0.15, 0.2) is 34.9 Å². The largest absolute Gasteiger partial charge is 0.382 e. The summed E-state index contributed by atoms with van der Waals surface area (Å²) in [5.74, 6) is -0.729. The molecule has 0 unspecified atom stereocenters. The van der Waals surface area contributed by atoms with Gasteiger partial charge in [-0.3, -0.25) is 20.9 Å². The molecule has 116 valence electrons. The second kappa shape index (κ2) is 7.15. The molecule has 0 fully saturated rings. The van der Waals surface area contributed by atoms with E-state index in [2.05, 4.69) is 20.8 Å². The number of anilines is 2. The number of amidine groups is 1. The number of nitrogens with one attached hydrogen (secondary N) is 3. The first-order valence-electron chi connectivity index (χ1n) is 6.41. The third-order valence-electron chi connectivity index (χ3n) is 2.88. The quantitative estimate of drug-likeness (QED) is 0.377. The maximum absolute atomic E-state index is 12.3. The third-order valence-corrected chi connectivity index (χ3v) is 3.57. The molecule has 5 N–H and O–H groups in total. The minimum atomic E-state index is -0.435. The van der Waals surface area contributed by atoms with Crippen LogP contribution >= 0.6 is 11.3 Å². The van der Waals surface area contributed by atoms with Gasteiger partial charge in [-0.15, -0.1) is 11.3 Å². The van der Waals surface area contributed by atoms with Gasteiger partial charge in [-0.1, -0.05) is 6.07 Å². The summed E-state index contributed by atoms with van der Waals surface area (Å²) >= 11 is 1.32. The van der Waals surface area contributed by atoms with Crippen LogP contribution in [0.5, 0.6) is 0 Å². The first-order chi connectivity index (χ1) is 11.0. The molecule has 23 heavy (non-hydrogen) atoms. The first kappa shape index (κ1) is 16.1. The third kappa shape index (κ3) is 3.90. The van der Waals surface area contributed by atoms with E-state index >= 15 is 0 Å². The van der Waals surface area contributed by atoms with Gasteiger partial charge in [0.15, 0.2) is 11.0 Å². The van der Waals surface area contributed by atoms with Crippen molar-refractivity contribution in [2.75, 3.05) is 10.7 Å². The normalized spacial score (nSPS) is 10.7. The molecule has 2 aromatic rings. The molecule has 0 bridgehead atoms. The summed E-state index contributed by atoms with van der Waals surface area (Å²) in [5.41, 5.74) is 9.26. The fraction of sp³-hybridized carbons (Fsp3) is 0.0714. The van der Waals surface area contributed by atoms with Crippen LogP contribution < -0.4 is 16.5 Å². The van der Waals surface area contributed by atoms with Crippen molar-refractivity contribution in [3.63, 3.8) is 0 Å². The van der Waals surface area contributed by atoms with Crippen molar-refractivity contribution in [3.8, 4) is 6.07 Å². The van der Waals surface area contributed by atoms with Gasteiger partial charge in [0.2, 0.25) is 5.71 Å². The number of thiazole rings is 1. The molecule has 0 aliphatic heterocycles. The van der Waals surface area contributed by atoms with E-state index in [9.17, 15) is 4.79 Å². The van der Waals surface area contributed by atoms with Gasteiger partial charge in [0, 0.05) is 17.1 Å². The van der Waals surface area contributed by atoms with Crippen molar-refractivity contribution in [2.24, 2.45) is 10.8 Å². The minimum absolute atomic E-state index is 0.234. The van der Waals surface area contributed by atoms with Gasteiger partial charge in [0.25, 0.3) is 5.91 Å². The number of aromatic nitrogens is 1. The zero-order valence-electron chi connectivity index (χ0n) is 12.1. The highest BCUT2D eigenvalue weighted by Crippen LogP contribution is 2.21. The van der Waals surface area contributed by atoms with Crippen LogP contribution in [0.4, 0.5) is 10.8 Å². The van der Waals surface area contributed by atoms with Gasteiger partial charge in [0.05, 0.1) is 5.69 Å². The number of nitriles is 1. The van der Waals surface area contributed by atoms with E-state index < -0.39 is 5.84 Å². The molecule has 0 spiro atoms. The number of hydrazone groups is 1. The smallest absolute Gasteiger partial charge is 0.257 e. The fourth-order valence-corrected chi connectivity index (χ4v) is 2.24. The predicted molar refractivity (Wildman–Crippen MR) is 89.8 cm³/mol. The number of benzene rings is 1. The number of nitrogens with zero attached hydrogens (tertiary/aromatic N) is 3. The Labute approximate surface area is 136 Å². The van der Waals surface area contributed by atoms with Crippen LogP contribution in [-0.2, 0) is 0 Å². The summed E-state index contributed by atoms with van der Waals surface area (Å²) in [6.07, 6.45) is 1.60. The van der Waals surface area contributed by atoms with Gasteiger partial charge in [-0.2, -0.15) is 10.4 Å². The van der Waals surface area contributed by atoms with E-state index in [1.54, 1.807) is 42.8 Å². The minimum Gasteiger partial charge on any atom is -0.382 e. The molecule has 0 radical (unpaired) electrons. The Bertz CT molecular complexity index is 805. The van der Waals surface area contributed by atoms with Crippen LogP contribution in [0.2, 0.25) is 0 Å². The van der Waals surface area contributed by atoms with Gasteiger partial charge < -0.3 is 5.73 Å². The summed E-state index contributed by atoms with van der Waals surface area (Å²) in [7, 11) is 0. The van der Waals surface area contributed by atoms with E-state index in [0.717, 1.165) is 0 Å². The van der Waals surface area contributed by atoms with Crippen molar-refractivity contribution in [1.29, 1.82) is 10.7 Å². The van der Waals surface area contributed by atoms with Gasteiger partial charge in [-0.25, -0.2) is 4.98 Å². The number of carbonyl (C=O) groups excluding carboxylic acids is 1. The Morgan fingerprint density at radius 2 is 2.30 bits per heavy atom. The molecule has 2 rings (SSSR count). The average Bonchev–Trinajstić information content (AvgIpc) is 3.01. The van der Waals surface area contributed by atoms with Crippen LogP contribution in [0.25, 0.3) is 0 Å². The second-order valence-electron chi connectivity index (χ2n) is 4.37. The summed E-state index contributed by atoms with van der Waals surface area (Å²) in [5, 5.41) is 24.8. The molecule has 9 heteroatoms. The lowest BCUT2D eigenvalue weighted by Crippen LogP contribution is -2.22. The molecular formula is C14H13N7OS. The topological polar surface area (TPSA) is 140 Å². The van der Waals surface area contributed by atoms with E-state index in [1.807, 2.05) is 0 Å². The molecule has 0 saturated carbocycles. The Hall–Kier alpha value is -3.25. The Kier molecular flexibility index (Phi) is 5.01. The number of amides is 1. The predicted octanol–water partition coefficient (Wildman–Crippen LogP) is 1.93. The van der Waals surface area contributed by atoms with Crippen LogP contribution in [0, 0.1) is 23.7 Å². The number of rotatable bonds is 5. The van der Waals surface area contributed by atoms with Crippen molar-refractivity contribution in [3.05, 3.63) is 40.9 Å². The van der Waals surface area contributed by atoms with Gasteiger partial charge in [0.1, 0.15) is 6.07 Å². The number of hydrogen-bond acceptors (Lipinski definition) is 7. The lowest BCUT2D eigenvalue weighted by Gasteiger charge is -2.10. The Balaban J connectivity index is 2.23. The standard InChI is InChI=1S/C14H13N7OS/c1-8-9(13(22)19-14-18-5-6-23-14)3-2-4-10(8)20-21-11(7-15)12(16)17/h2-6,20H,1H3,(H3,16,17)(H,18,19,22)/b21-11+. The molecule has 1 heterocycles. The number of carbonyl (C=O) groups is 1. The highest BCUT2D eigenvalue weighted by Gasteiger charge is 2.13. The second-order valence-corrected chi connectivity index (χ2v) is 5.26. The Morgan fingerprint density at radius 1 is 1.52 bits per heavy atom. The molecule has 0 aliphatic rings. The first-order valence-corrected chi connectivity index (χ1v) is 7.29. The van der Waals surface area contributed by atoms with Gasteiger partial charge >= 0.3 is 0 Å². The number of hydrogen-bond donors (Lipinski definition) is 4. The molecule has 8 nitrogen and oxygen atoms in total. The van der Waals surface area contributed by atoms with Crippen LogP contribution in [0.1, 0.15) is 15.9 Å². The van der Waals surface area contributed by atoms with Crippen molar-refractivity contribution in [1.82, 2.24) is 4.98 Å². The van der Waals surface area contributed by atoms with Crippen LogP contribution in [-0.4, -0.2) is 22.4 Å². The summed E-state index contributed by atoms with van der Waals surface area (Å²) in [6, 6.07) is 6.76. The zero-order chi connectivity index (χ0) is 16.8. The van der Waals surface area contributed by atoms with E-state index in [0.29, 0.717) is 21.9 Å². The maximum Gasteiger partial charge on any atom is 0.257 e. The molecule has 1 aromatic heterocycles. The SMILES string of the molecule is Cc1c(N/N=C(\C#N)C(=N)N)cccc1C(=O)Nc1nccs1. The molecule has 0 saturated heterocycles. The Morgan fingerprint density at radius 3 is 2.91 bits per heavy atom. The molecule has 0 atom stereocenters. The van der Waals surface area contributed by atoms with E-state index in [4.69, 9.17) is 16.4 Å². The van der Waals surface area contributed by atoms with Crippen molar-refractivity contribution in [2.45, 2.75) is 6.92 Å². The van der Waals surface area contributed by atoms with E-state index in [1.165, 1.54) is 11.3 Å². The molecule has 1 amide bonds. The van der Waals surface area contributed by atoms with Gasteiger partial charge in [-0.05, 0) is 24.6 Å². The summed E-state index contributed by atoms with van der Waals surface area (Å²) < 4.78 is 0. The van der Waals surface area contributed by atoms with Crippen molar-refractivity contribution >= 4 is 39.6 Å². The molecule has 1 aromatic carbocycles. The molecule has 0 aliphatic carbocycles. The highest BCUT2D eigenvalue weighted by molar-refractivity contribution is 7.13. The summed E-state index contributed by atoms with van der Waals surface area (Å²) in [6.45, 7) is 1.74. The fourth-order valence-electron chi connectivity index (χ4n) is 1.71. The summed E-state index contributed by atoms with van der Waals surface area (Å²) in [4.78, 5) is 16.3. The number of nitrogens with two attached hydrogens (primary N) is 1. The lowest BCUT2D eigenvalue weighted by molar-refractivity contribution is 0.102. The lowest BCUT2D eigenvalue weighted by atomic mass is 10.1. The highest BCUT2D eigenvalue weighted by atomic mass is 32.1. The van der Waals surface area contributed by atoms with Crippen LogP contribution in [0.3, 0.4) is 0 Å².